The van der Waals surface area contributed by atoms with Gasteiger partial charge in [-0.25, -0.2) is 9.97 Å². The van der Waals surface area contributed by atoms with E-state index in [1.165, 1.54) is 5.56 Å². The Bertz CT molecular complexity index is 2800. The average Bonchev–Trinajstić information content (AvgIpc) is 3.85. The van der Waals surface area contributed by atoms with Crippen LogP contribution < -0.4 is 15.0 Å². The first-order valence-corrected chi connectivity index (χ1v) is 22.7. The Morgan fingerprint density at radius 1 is 0.821 bits per heavy atom. The molecule has 10 rings (SSSR count). The molecule has 0 aliphatic carbocycles. The molecule has 1 aromatic heterocycles. The number of esters is 1. The van der Waals surface area contributed by atoms with E-state index in [1.807, 2.05) is 127 Å². The lowest BCUT2D eigenvalue weighted by molar-refractivity contribution is -0.179. The maximum absolute atomic E-state index is 16.0. The number of fused-ring (bicyclic) bond motifs is 3. The number of morpholine rings is 1. The van der Waals surface area contributed by atoms with Gasteiger partial charge in [-0.2, -0.15) is 0 Å². The van der Waals surface area contributed by atoms with Gasteiger partial charge in [0.25, 0.3) is 0 Å². The Morgan fingerprint density at radius 2 is 1.51 bits per heavy atom. The van der Waals surface area contributed by atoms with Crippen molar-refractivity contribution in [2.45, 2.75) is 36.2 Å². The first kappa shape index (κ1) is 43.5. The summed E-state index contributed by atoms with van der Waals surface area (Å²) in [4.78, 5) is 64.1. The molecule has 5 aromatic carbocycles. The van der Waals surface area contributed by atoms with Crippen molar-refractivity contribution < 1.29 is 29.0 Å². The molecule has 338 valence electrons. The fraction of sp³-hybridized carbons (Fsp3) is 0.278. The van der Waals surface area contributed by atoms with Gasteiger partial charge in [0.1, 0.15) is 29.9 Å². The van der Waals surface area contributed by atoms with Gasteiger partial charge in [-0.1, -0.05) is 115 Å². The van der Waals surface area contributed by atoms with Gasteiger partial charge in [0.15, 0.2) is 0 Å². The molecular formula is C54H51N7O6. The predicted octanol–water partition coefficient (Wildman–Crippen LogP) is 5.95. The summed E-state index contributed by atoms with van der Waals surface area (Å²) in [5, 5.41) is 13.0. The van der Waals surface area contributed by atoms with Crippen LogP contribution in [0.25, 0.3) is 0 Å². The van der Waals surface area contributed by atoms with Gasteiger partial charge in [0.2, 0.25) is 17.8 Å². The van der Waals surface area contributed by atoms with Gasteiger partial charge in [-0.3, -0.25) is 24.2 Å². The summed E-state index contributed by atoms with van der Waals surface area (Å²) in [5.41, 5.74) is 3.56. The number of hydrogen-bond donors (Lipinski definition) is 2. The minimum absolute atomic E-state index is 0.0493. The molecule has 6 atom stereocenters. The third kappa shape index (κ3) is 8.18. The maximum atomic E-state index is 16.0. The highest BCUT2D eigenvalue weighted by molar-refractivity contribution is 6.12. The van der Waals surface area contributed by atoms with Crippen LogP contribution >= 0.6 is 0 Å². The van der Waals surface area contributed by atoms with Gasteiger partial charge in [-0.15, -0.1) is 0 Å². The average molecular weight is 894 g/mol. The summed E-state index contributed by atoms with van der Waals surface area (Å²) >= 11 is 0. The Hall–Kier alpha value is -7.37. The number of aliphatic hydroxyl groups is 1. The highest BCUT2D eigenvalue weighted by Gasteiger charge is 2.74. The quantitative estimate of drug-likeness (QED) is 0.118. The van der Waals surface area contributed by atoms with E-state index < -0.39 is 47.4 Å². The second-order valence-corrected chi connectivity index (χ2v) is 17.4. The van der Waals surface area contributed by atoms with Gasteiger partial charge in [0.05, 0.1) is 31.2 Å². The van der Waals surface area contributed by atoms with E-state index >= 15 is 14.4 Å². The van der Waals surface area contributed by atoms with Crippen LogP contribution in [-0.2, 0) is 31.1 Å². The Morgan fingerprint density at radius 3 is 2.22 bits per heavy atom. The lowest BCUT2D eigenvalue weighted by atomic mass is 9.65. The first-order chi connectivity index (χ1) is 32.8. The predicted molar refractivity (Wildman–Crippen MR) is 253 cm³/mol. The van der Waals surface area contributed by atoms with Crippen LogP contribution in [0, 0.1) is 17.8 Å². The smallest absolute Gasteiger partial charge is 0.324 e. The van der Waals surface area contributed by atoms with Crippen molar-refractivity contribution >= 4 is 29.4 Å². The number of hydrogen-bond acceptors (Lipinski definition) is 11. The van der Waals surface area contributed by atoms with Crippen molar-refractivity contribution in [2.75, 3.05) is 63.2 Å². The van der Waals surface area contributed by atoms with E-state index in [-0.39, 0.29) is 19.1 Å². The Labute approximate surface area is 390 Å². The van der Waals surface area contributed by atoms with E-state index in [1.54, 1.807) is 29.4 Å². The van der Waals surface area contributed by atoms with Crippen molar-refractivity contribution in [3.8, 4) is 17.6 Å². The van der Waals surface area contributed by atoms with Crippen LogP contribution in [0.2, 0.25) is 0 Å². The minimum Gasteiger partial charge on any atom is -0.491 e. The molecule has 13 heteroatoms. The molecule has 67 heavy (non-hydrogen) atoms. The zero-order valence-corrected chi connectivity index (χ0v) is 37.1. The van der Waals surface area contributed by atoms with E-state index in [9.17, 15) is 5.11 Å². The molecule has 6 aromatic rings. The topological polar surface area (TPSA) is 141 Å². The van der Waals surface area contributed by atoms with Gasteiger partial charge >= 0.3 is 5.97 Å². The fourth-order valence-corrected chi connectivity index (χ4v) is 10.6. The summed E-state index contributed by atoms with van der Waals surface area (Å²) in [6, 6.07) is 41.8. The van der Waals surface area contributed by atoms with Crippen molar-refractivity contribution in [3.63, 3.8) is 0 Å². The zero-order chi connectivity index (χ0) is 45.9. The molecule has 13 nitrogen and oxygen atoms in total. The van der Waals surface area contributed by atoms with Crippen molar-refractivity contribution in [1.82, 2.24) is 24.7 Å². The molecule has 5 heterocycles. The second-order valence-electron chi connectivity index (χ2n) is 17.4. The minimum atomic E-state index is -1.69. The molecule has 4 aliphatic rings. The molecule has 6 unspecified atom stereocenters. The van der Waals surface area contributed by atoms with Crippen LogP contribution in [0.5, 0.6) is 5.75 Å². The number of aliphatic hydroxyl groups excluding tert-OH is 1. The number of ether oxygens (including phenoxy) is 2. The van der Waals surface area contributed by atoms with Crippen molar-refractivity contribution in [2.24, 2.45) is 5.92 Å². The summed E-state index contributed by atoms with van der Waals surface area (Å²) < 4.78 is 12.7. The number of amides is 2. The molecule has 1 spiro atoms. The van der Waals surface area contributed by atoms with Crippen LogP contribution in [0.1, 0.15) is 51.6 Å². The fourth-order valence-electron chi connectivity index (χ4n) is 10.6. The number of piperazine rings is 1. The number of rotatable bonds is 11. The number of carbonyl (C=O) groups excluding carboxylic acids is 3. The first-order valence-electron chi connectivity index (χ1n) is 22.7. The molecular weight excluding hydrogens is 843 g/mol. The van der Waals surface area contributed by atoms with Crippen LogP contribution in [0.15, 0.2) is 152 Å². The molecule has 0 bridgehead atoms. The number of anilines is 2. The molecule has 0 radical (unpaired) electrons. The summed E-state index contributed by atoms with van der Waals surface area (Å²) in [6.07, 6.45) is 2.58. The summed E-state index contributed by atoms with van der Waals surface area (Å²) in [5.74, 6) is 5.18. The number of nitrogens with zero attached hydrogens (tertiary/aromatic N) is 6. The van der Waals surface area contributed by atoms with E-state index in [0.717, 1.165) is 17.7 Å². The molecule has 0 saturated carbocycles. The van der Waals surface area contributed by atoms with Gasteiger partial charge < -0.3 is 29.7 Å². The number of carbonyl (C=O) groups is 3. The molecule has 4 aliphatic heterocycles. The van der Waals surface area contributed by atoms with Crippen molar-refractivity contribution in [3.05, 3.63) is 185 Å². The number of nitrogens with one attached hydrogen (secondary N) is 1. The van der Waals surface area contributed by atoms with E-state index in [2.05, 4.69) is 49.1 Å². The largest absolute Gasteiger partial charge is 0.491 e. The molecule has 3 fully saturated rings. The highest BCUT2D eigenvalue weighted by Crippen LogP contribution is 2.65. The van der Waals surface area contributed by atoms with Gasteiger partial charge in [-0.05, 0) is 71.3 Å². The van der Waals surface area contributed by atoms with E-state index in [4.69, 9.17) is 9.47 Å². The SMILES string of the molecule is CN(CC#Cc1ccc2c(c1)C1(C(=O)N2)C(C(=O)N2CCN(c3ncccn3)CC2)C2C(=O)OC(c3ccccc3)C(c3ccccc3)N2C1c1cccc(OCCO)c1)Cc1ccccc1. The number of cyclic esters (lactones) is 1. The van der Waals surface area contributed by atoms with Gasteiger partial charge in [0, 0.05) is 56.4 Å². The monoisotopic (exact) mass is 893 g/mol. The summed E-state index contributed by atoms with van der Waals surface area (Å²) in [6.45, 7) is 2.58. The molecule has 2 amide bonds. The molecule has 2 N–H and O–H groups in total. The lowest BCUT2D eigenvalue weighted by Gasteiger charge is -2.46. The lowest BCUT2D eigenvalue weighted by Crippen LogP contribution is -2.58. The standard InChI is InChI=1S/C54H51N7O6/c1-58(36-38-14-5-2-6-15-38)27-12-16-37-23-24-44-43(34-37)54(52(65)57-44)45(50(63)59-28-30-60(31-29-59)53-55-25-13-26-56-53)47-51(64)67-48(40-19-9-4-10-20-40)46(39-17-7-3-8-18-39)61(47)49(54)41-21-11-22-42(35-41)66-33-32-62/h2-11,13-15,17-26,34-35,45-49,62H,27-33,36H2,1H3,(H,57,65). The van der Waals surface area contributed by atoms with Crippen LogP contribution in [0.3, 0.4) is 0 Å². The number of aromatic nitrogens is 2. The zero-order valence-electron chi connectivity index (χ0n) is 37.1. The Kier molecular flexibility index (Phi) is 12.2. The second kappa shape index (κ2) is 18.9. The molecule has 3 saturated heterocycles. The van der Waals surface area contributed by atoms with E-state index in [0.29, 0.717) is 66.8 Å². The highest BCUT2D eigenvalue weighted by atomic mass is 16.6. The summed E-state index contributed by atoms with van der Waals surface area (Å²) in [7, 11) is 2.02. The third-order valence-corrected chi connectivity index (χ3v) is 13.4. The third-order valence-electron chi connectivity index (χ3n) is 13.4. The maximum Gasteiger partial charge on any atom is 0.324 e. The normalized spacial score (nSPS) is 23.2. The Balaban J connectivity index is 1.15. The number of benzene rings is 5. The van der Waals surface area contributed by atoms with Crippen LogP contribution in [0.4, 0.5) is 11.6 Å². The van der Waals surface area contributed by atoms with Crippen LogP contribution in [-0.4, -0.2) is 107 Å². The van der Waals surface area contributed by atoms with Crippen molar-refractivity contribution in [1.29, 1.82) is 0 Å².